The topological polar surface area (TPSA) is 32.3 Å². The van der Waals surface area contributed by atoms with Crippen LogP contribution in [0.2, 0.25) is 0 Å². The van der Waals surface area contributed by atoms with E-state index < -0.39 is 11.7 Å². The van der Waals surface area contributed by atoms with E-state index in [-0.39, 0.29) is 18.4 Å². The lowest BCUT2D eigenvalue weighted by Gasteiger charge is -2.18. The molecule has 0 bridgehead atoms. The first-order chi connectivity index (χ1) is 8.29. The molecule has 1 aromatic carbocycles. The summed E-state index contributed by atoms with van der Waals surface area (Å²) < 4.78 is 37.9. The number of carbonyl (C=O) groups excluding carboxylic acids is 1. The smallest absolute Gasteiger partial charge is 0.380 e. The molecule has 2 rings (SSSR count). The number of anilines is 2. The van der Waals surface area contributed by atoms with E-state index in [9.17, 15) is 18.0 Å². The molecule has 0 spiro atoms. The molecule has 1 aromatic rings. The van der Waals surface area contributed by atoms with Crippen LogP contribution in [-0.2, 0) is 11.0 Å². The fraction of sp³-hybridized carbons (Fsp3) is 0.417. The number of nitrogens with one attached hydrogen (secondary N) is 1. The second-order valence-corrected chi connectivity index (χ2v) is 4.43. The number of fused-ring (bicyclic) bond motifs is 1. The Morgan fingerprint density at radius 3 is 2.67 bits per heavy atom. The highest BCUT2D eigenvalue weighted by molar-refractivity contribution is 5.98. The molecule has 1 heterocycles. The van der Waals surface area contributed by atoms with Gasteiger partial charge in [0.2, 0.25) is 5.91 Å². The van der Waals surface area contributed by atoms with E-state index in [4.69, 9.17) is 0 Å². The Labute approximate surface area is 103 Å². The summed E-state index contributed by atoms with van der Waals surface area (Å²) in [6.45, 7) is 1.76. The molecule has 98 valence electrons. The Balaban J connectivity index is 2.49. The lowest BCUT2D eigenvalue weighted by molar-refractivity contribution is -0.137. The summed E-state index contributed by atoms with van der Waals surface area (Å²) in [5, 5.41) is 2.93. The van der Waals surface area contributed by atoms with Crippen molar-refractivity contribution in [3.63, 3.8) is 0 Å². The molecular formula is C12H13F3N2O. The molecule has 0 radical (unpaired) electrons. The van der Waals surface area contributed by atoms with Crippen molar-refractivity contribution in [3.05, 3.63) is 23.8 Å². The highest BCUT2D eigenvalue weighted by Crippen LogP contribution is 2.36. The first kappa shape index (κ1) is 12.7. The second-order valence-electron chi connectivity index (χ2n) is 4.43. The van der Waals surface area contributed by atoms with E-state index in [1.165, 1.54) is 11.0 Å². The lowest BCUT2D eigenvalue weighted by atomic mass is 10.1. The molecule has 1 atom stereocenters. The Morgan fingerprint density at radius 1 is 1.39 bits per heavy atom. The summed E-state index contributed by atoms with van der Waals surface area (Å²) in [6, 6.07) is 3.16. The molecule has 6 heteroatoms. The van der Waals surface area contributed by atoms with Crippen molar-refractivity contribution in [2.45, 2.75) is 25.6 Å². The molecule has 0 aromatic heterocycles. The van der Waals surface area contributed by atoms with Gasteiger partial charge in [-0.15, -0.1) is 0 Å². The molecule has 0 saturated carbocycles. The number of benzene rings is 1. The largest absolute Gasteiger partial charge is 0.416 e. The summed E-state index contributed by atoms with van der Waals surface area (Å²) in [5.41, 5.74) is 0.0896. The Bertz CT molecular complexity index is 485. The van der Waals surface area contributed by atoms with Gasteiger partial charge in [-0.05, 0) is 25.1 Å². The van der Waals surface area contributed by atoms with Crippen molar-refractivity contribution in [2.24, 2.45) is 0 Å². The Morgan fingerprint density at radius 2 is 2.06 bits per heavy atom. The Kier molecular flexibility index (Phi) is 2.96. The second kappa shape index (κ2) is 4.19. The van der Waals surface area contributed by atoms with Gasteiger partial charge in [-0.1, -0.05) is 0 Å². The fourth-order valence-corrected chi connectivity index (χ4v) is 1.97. The van der Waals surface area contributed by atoms with Crippen molar-refractivity contribution in [1.82, 2.24) is 0 Å². The Hall–Kier alpha value is -1.72. The number of hydrogen-bond donors (Lipinski definition) is 1. The van der Waals surface area contributed by atoms with E-state index in [2.05, 4.69) is 5.32 Å². The minimum Gasteiger partial charge on any atom is -0.380 e. The number of rotatable bonds is 0. The molecule has 1 amide bonds. The highest BCUT2D eigenvalue weighted by Gasteiger charge is 2.32. The minimum absolute atomic E-state index is 0.117. The SMILES string of the molecule is CC1CC(=O)N(C)c2ccc(C(F)(F)F)cc2N1. The first-order valence-corrected chi connectivity index (χ1v) is 5.53. The van der Waals surface area contributed by atoms with Crippen LogP contribution < -0.4 is 10.2 Å². The molecule has 0 fully saturated rings. The van der Waals surface area contributed by atoms with Gasteiger partial charge in [0, 0.05) is 19.5 Å². The average Bonchev–Trinajstić information content (AvgIpc) is 2.35. The van der Waals surface area contributed by atoms with Gasteiger partial charge in [-0.2, -0.15) is 13.2 Å². The van der Waals surface area contributed by atoms with E-state index in [0.29, 0.717) is 11.4 Å². The molecule has 1 N–H and O–H groups in total. The minimum atomic E-state index is -4.38. The zero-order valence-corrected chi connectivity index (χ0v) is 10.0. The third-order valence-corrected chi connectivity index (χ3v) is 2.94. The number of carbonyl (C=O) groups is 1. The van der Waals surface area contributed by atoms with Crippen LogP contribution in [0, 0.1) is 0 Å². The van der Waals surface area contributed by atoms with Crippen molar-refractivity contribution in [2.75, 3.05) is 17.3 Å². The monoisotopic (exact) mass is 258 g/mol. The predicted molar refractivity (Wildman–Crippen MR) is 62.6 cm³/mol. The van der Waals surface area contributed by atoms with Gasteiger partial charge in [0.1, 0.15) is 0 Å². The van der Waals surface area contributed by atoms with E-state index in [0.717, 1.165) is 12.1 Å². The molecular weight excluding hydrogens is 245 g/mol. The standard InChI is InChI=1S/C12H13F3N2O/c1-7-5-11(18)17(2)10-4-3-8(12(13,14)15)6-9(10)16-7/h3-4,6-7,16H,5H2,1-2H3. The summed E-state index contributed by atoms with van der Waals surface area (Å²) in [7, 11) is 1.56. The van der Waals surface area contributed by atoms with Crippen LogP contribution in [0.1, 0.15) is 18.9 Å². The number of alkyl halides is 3. The number of halogens is 3. The summed E-state index contributed by atoms with van der Waals surface area (Å²) in [5.74, 6) is -0.117. The summed E-state index contributed by atoms with van der Waals surface area (Å²) >= 11 is 0. The highest BCUT2D eigenvalue weighted by atomic mass is 19.4. The maximum Gasteiger partial charge on any atom is 0.416 e. The van der Waals surface area contributed by atoms with Gasteiger partial charge in [0.05, 0.1) is 16.9 Å². The van der Waals surface area contributed by atoms with Crippen molar-refractivity contribution in [1.29, 1.82) is 0 Å². The average molecular weight is 258 g/mol. The molecule has 1 aliphatic rings. The molecule has 0 aliphatic carbocycles. The van der Waals surface area contributed by atoms with Gasteiger partial charge < -0.3 is 10.2 Å². The van der Waals surface area contributed by atoms with Crippen LogP contribution in [0.3, 0.4) is 0 Å². The molecule has 18 heavy (non-hydrogen) atoms. The third-order valence-electron chi connectivity index (χ3n) is 2.94. The van der Waals surface area contributed by atoms with Crippen LogP contribution in [0.4, 0.5) is 24.5 Å². The molecule has 3 nitrogen and oxygen atoms in total. The number of hydrogen-bond acceptors (Lipinski definition) is 2. The summed E-state index contributed by atoms with van der Waals surface area (Å²) in [6.07, 6.45) is -4.12. The van der Waals surface area contributed by atoms with Crippen LogP contribution in [0.15, 0.2) is 18.2 Å². The van der Waals surface area contributed by atoms with E-state index in [1.807, 2.05) is 0 Å². The van der Waals surface area contributed by atoms with E-state index in [1.54, 1.807) is 14.0 Å². The van der Waals surface area contributed by atoms with Gasteiger partial charge in [0.15, 0.2) is 0 Å². The predicted octanol–water partition coefficient (Wildman–Crippen LogP) is 2.87. The van der Waals surface area contributed by atoms with Crippen molar-refractivity contribution in [3.8, 4) is 0 Å². The van der Waals surface area contributed by atoms with Crippen molar-refractivity contribution < 1.29 is 18.0 Å². The summed E-state index contributed by atoms with van der Waals surface area (Å²) in [4.78, 5) is 13.1. The first-order valence-electron chi connectivity index (χ1n) is 5.53. The van der Waals surface area contributed by atoms with Gasteiger partial charge in [-0.3, -0.25) is 4.79 Å². The number of amides is 1. The van der Waals surface area contributed by atoms with Crippen LogP contribution in [0.25, 0.3) is 0 Å². The van der Waals surface area contributed by atoms with Gasteiger partial charge in [-0.25, -0.2) is 0 Å². The van der Waals surface area contributed by atoms with Crippen LogP contribution in [0.5, 0.6) is 0 Å². The normalized spacial score (nSPS) is 20.2. The van der Waals surface area contributed by atoms with Gasteiger partial charge >= 0.3 is 6.18 Å². The molecule has 1 unspecified atom stereocenters. The van der Waals surface area contributed by atoms with Crippen LogP contribution >= 0.6 is 0 Å². The molecule has 0 saturated heterocycles. The fourth-order valence-electron chi connectivity index (χ4n) is 1.97. The molecule has 1 aliphatic heterocycles. The lowest BCUT2D eigenvalue weighted by Crippen LogP contribution is -2.27. The van der Waals surface area contributed by atoms with E-state index >= 15 is 0 Å². The number of nitrogens with zero attached hydrogens (tertiary/aromatic N) is 1. The maximum atomic E-state index is 12.6. The van der Waals surface area contributed by atoms with Crippen LogP contribution in [-0.4, -0.2) is 19.0 Å². The zero-order valence-electron chi connectivity index (χ0n) is 10.0. The maximum absolute atomic E-state index is 12.6. The zero-order chi connectivity index (χ0) is 13.5. The third kappa shape index (κ3) is 2.27. The van der Waals surface area contributed by atoms with Gasteiger partial charge in [0.25, 0.3) is 0 Å². The quantitative estimate of drug-likeness (QED) is 0.776. The van der Waals surface area contributed by atoms with Crippen molar-refractivity contribution >= 4 is 17.3 Å².